The molecular weight excluding hydrogens is 254 g/mol. The molecule has 1 fully saturated rings. The van der Waals surface area contributed by atoms with Crippen LogP contribution in [0.4, 0.5) is 0 Å². The molecule has 3 unspecified atom stereocenters. The largest absolute Gasteiger partial charge is 0.381 e. The van der Waals surface area contributed by atoms with Crippen molar-refractivity contribution >= 4 is 22.9 Å². The van der Waals surface area contributed by atoms with Gasteiger partial charge in [-0.1, -0.05) is 11.6 Å². The highest BCUT2D eigenvalue weighted by Crippen LogP contribution is 2.40. The molecule has 1 aromatic rings. The molecule has 4 heteroatoms. The second-order valence-corrected chi connectivity index (χ2v) is 6.82. The maximum absolute atomic E-state index is 6.08. The van der Waals surface area contributed by atoms with Crippen molar-refractivity contribution in [3.63, 3.8) is 0 Å². The van der Waals surface area contributed by atoms with E-state index in [-0.39, 0.29) is 0 Å². The van der Waals surface area contributed by atoms with Crippen molar-refractivity contribution in [3.05, 3.63) is 20.8 Å². The van der Waals surface area contributed by atoms with Crippen LogP contribution in [0.2, 0.25) is 4.34 Å². The highest BCUT2D eigenvalue weighted by atomic mass is 35.5. The molecule has 0 spiro atoms. The van der Waals surface area contributed by atoms with Crippen LogP contribution in [0.3, 0.4) is 0 Å². The summed E-state index contributed by atoms with van der Waals surface area (Å²) in [6.07, 6.45) is 6.46. The number of halogens is 1. The molecule has 2 nitrogen and oxygen atoms in total. The van der Waals surface area contributed by atoms with Gasteiger partial charge in [0.15, 0.2) is 0 Å². The van der Waals surface area contributed by atoms with Crippen LogP contribution in [-0.4, -0.2) is 19.3 Å². The fourth-order valence-electron chi connectivity index (χ4n) is 3.09. The molecule has 0 aliphatic heterocycles. The Morgan fingerprint density at radius 1 is 1.41 bits per heavy atom. The summed E-state index contributed by atoms with van der Waals surface area (Å²) in [6.45, 7) is 0. The van der Waals surface area contributed by atoms with E-state index in [0.717, 1.165) is 10.8 Å². The Morgan fingerprint density at radius 3 is 3.06 bits per heavy atom. The number of rotatable bonds is 3. The number of thiophene rings is 1. The van der Waals surface area contributed by atoms with Crippen molar-refractivity contribution in [2.75, 3.05) is 7.11 Å². The van der Waals surface area contributed by atoms with E-state index < -0.39 is 0 Å². The number of aryl methyl sites for hydroxylation is 1. The van der Waals surface area contributed by atoms with Gasteiger partial charge in [0.1, 0.15) is 0 Å². The number of nitrogens with one attached hydrogen (secondary N) is 1. The minimum absolute atomic E-state index is 0.458. The van der Waals surface area contributed by atoms with Crippen LogP contribution < -0.4 is 5.32 Å². The Morgan fingerprint density at radius 2 is 2.29 bits per heavy atom. The van der Waals surface area contributed by atoms with Crippen molar-refractivity contribution in [1.82, 2.24) is 5.32 Å². The number of ether oxygens (including phenoxy) is 1. The summed E-state index contributed by atoms with van der Waals surface area (Å²) in [4.78, 5) is 1.48. The van der Waals surface area contributed by atoms with Crippen molar-refractivity contribution in [2.45, 2.75) is 50.3 Å². The molecule has 0 amide bonds. The first-order chi connectivity index (χ1) is 8.26. The second-order valence-electron chi connectivity index (χ2n) is 5.05. The van der Waals surface area contributed by atoms with E-state index in [4.69, 9.17) is 16.3 Å². The zero-order valence-electron chi connectivity index (χ0n) is 10.0. The van der Waals surface area contributed by atoms with Crippen molar-refractivity contribution in [1.29, 1.82) is 0 Å². The fourth-order valence-corrected chi connectivity index (χ4v) is 4.45. The van der Waals surface area contributed by atoms with E-state index in [2.05, 4.69) is 11.4 Å². The lowest BCUT2D eigenvalue weighted by Gasteiger charge is -2.19. The highest BCUT2D eigenvalue weighted by molar-refractivity contribution is 7.16. The molecule has 1 N–H and O–H groups in total. The molecule has 1 saturated carbocycles. The maximum atomic E-state index is 6.08. The lowest BCUT2D eigenvalue weighted by atomic mass is 10.1. The average Bonchev–Trinajstić information content (AvgIpc) is 2.97. The lowest BCUT2D eigenvalue weighted by molar-refractivity contribution is 0.106. The summed E-state index contributed by atoms with van der Waals surface area (Å²) in [5, 5.41) is 3.78. The van der Waals surface area contributed by atoms with Crippen molar-refractivity contribution < 1.29 is 4.74 Å². The van der Waals surface area contributed by atoms with Crippen LogP contribution in [0, 0.1) is 0 Å². The zero-order valence-corrected chi connectivity index (χ0v) is 11.6. The van der Waals surface area contributed by atoms with Gasteiger partial charge in [0.2, 0.25) is 0 Å². The Bertz CT molecular complexity index is 406. The zero-order chi connectivity index (χ0) is 11.8. The van der Waals surface area contributed by atoms with Gasteiger partial charge >= 0.3 is 0 Å². The molecule has 2 aliphatic carbocycles. The average molecular weight is 272 g/mol. The molecule has 1 heterocycles. The SMILES string of the molecule is COC1CCC(NC2CCc3sc(Cl)cc32)C1. The number of hydrogen-bond acceptors (Lipinski definition) is 3. The number of methoxy groups -OCH3 is 1. The van der Waals surface area contributed by atoms with E-state index in [1.54, 1.807) is 11.3 Å². The van der Waals surface area contributed by atoms with Crippen LogP contribution in [0.15, 0.2) is 6.07 Å². The molecule has 0 bridgehead atoms. The molecule has 17 heavy (non-hydrogen) atoms. The van der Waals surface area contributed by atoms with Gasteiger partial charge in [0.05, 0.1) is 10.4 Å². The quantitative estimate of drug-likeness (QED) is 0.908. The van der Waals surface area contributed by atoms with E-state index >= 15 is 0 Å². The third-order valence-corrected chi connectivity index (χ3v) is 5.34. The van der Waals surface area contributed by atoms with E-state index in [9.17, 15) is 0 Å². The monoisotopic (exact) mass is 271 g/mol. The van der Waals surface area contributed by atoms with E-state index in [1.165, 1.54) is 36.1 Å². The summed E-state index contributed by atoms with van der Waals surface area (Å²) in [5.74, 6) is 0. The van der Waals surface area contributed by atoms with E-state index in [0.29, 0.717) is 18.2 Å². The number of hydrogen-bond donors (Lipinski definition) is 1. The third kappa shape index (κ3) is 2.39. The number of fused-ring (bicyclic) bond motifs is 1. The first kappa shape index (κ1) is 12.0. The van der Waals surface area contributed by atoms with Gasteiger partial charge in [0.25, 0.3) is 0 Å². The predicted molar refractivity (Wildman–Crippen MR) is 72.0 cm³/mol. The van der Waals surface area contributed by atoms with Crippen molar-refractivity contribution in [2.24, 2.45) is 0 Å². The van der Waals surface area contributed by atoms with Crippen molar-refractivity contribution in [3.8, 4) is 0 Å². The van der Waals surface area contributed by atoms with Gasteiger partial charge in [-0.25, -0.2) is 0 Å². The summed E-state index contributed by atoms with van der Waals surface area (Å²) in [5.41, 5.74) is 1.45. The molecule has 0 saturated heterocycles. The Labute approximate surface area is 111 Å². The van der Waals surface area contributed by atoms with Gasteiger partial charge in [-0.2, -0.15) is 0 Å². The standard InChI is InChI=1S/C13H18ClNOS/c1-16-9-3-2-8(6-9)15-11-4-5-12-10(11)7-13(14)17-12/h7-9,11,15H,2-6H2,1H3. The second kappa shape index (κ2) is 4.88. The Hall–Kier alpha value is -0.0900. The minimum Gasteiger partial charge on any atom is -0.381 e. The molecule has 2 aliphatic rings. The summed E-state index contributed by atoms with van der Waals surface area (Å²) in [6, 6.07) is 3.29. The molecule has 0 radical (unpaired) electrons. The topological polar surface area (TPSA) is 21.3 Å². The first-order valence-electron chi connectivity index (χ1n) is 6.33. The van der Waals surface area contributed by atoms with Gasteiger partial charge in [-0.15, -0.1) is 11.3 Å². The molecule has 3 rings (SSSR count). The lowest BCUT2D eigenvalue weighted by Crippen LogP contribution is -2.30. The van der Waals surface area contributed by atoms with Crippen LogP contribution >= 0.6 is 22.9 Å². The van der Waals surface area contributed by atoms with Gasteiger partial charge in [0, 0.05) is 24.1 Å². The van der Waals surface area contributed by atoms with Crippen LogP contribution in [0.1, 0.15) is 42.2 Å². The van der Waals surface area contributed by atoms with Crippen LogP contribution in [0.25, 0.3) is 0 Å². The van der Waals surface area contributed by atoms with Crippen LogP contribution in [-0.2, 0) is 11.2 Å². The van der Waals surface area contributed by atoms with Gasteiger partial charge in [-0.3, -0.25) is 0 Å². The Kier molecular flexibility index (Phi) is 3.44. The van der Waals surface area contributed by atoms with Crippen LogP contribution in [0.5, 0.6) is 0 Å². The summed E-state index contributed by atoms with van der Waals surface area (Å²) < 4.78 is 6.35. The molecular formula is C13H18ClNOS. The van der Waals surface area contributed by atoms with E-state index in [1.807, 2.05) is 7.11 Å². The predicted octanol–water partition coefficient (Wildman–Crippen LogP) is 3.55. The first-order valence-corrected chi connectivity index (χ1v) is 7.52. The molecule has 0 aromatic carbocycles. The fraction of sp³-hybridized carbons (Fsp3) is 0.692. The minimum atomic E-state index is 0.458. The molecule has 3 atom stereocenters. The normalized spacial score (nSPS) is 32.0. The Balaban J connectivity index is 1.63. The third-order valence-electron chi connectivity index (χ3n) is 4.00. The van der Waals surface area contributed by atoms with Gasteiger partial charge in [-0.05, 0) is 43.7 Å². The van der Waals surface area contributed by atoms with Gasteiger partial charge < -0.3 is 10.1 Å². The molecule has 94 valence electrons. The summed E-state index contributed by atoms with van der Waals surface area (Å²) in [7, 11) is 1.82. The smallest absolute Gasteiger partial charge is 0.0934 e. The summed E-state index contributed by atoms with van der Waals surface area (Å²) >= 11 is 7.82. The molecule has 1 aromatic heterocycles. The highest BCUT2D eigenvalue weighted by Gasteiger charge is 2.30. The maximum Gasteiger partial charge on any atom is 0.0934 e.